The molecule has 0 spiro atoms. The lowest BCUT2D eigenvalue weighted by molar-refractivity contribution is -0.118. The molecule has 0 bridgehead atoms. The van der Waals surface area contributed by atoms with Crippen molar-refractivity contribution in [3.63, 3.8) is 0 Å². The normalized spacial score (nSPS) is 11.1. The highest BCUT2D eigenvalue weighted by Gasteiger charge is 2.08. The number of thioether (sulfide) groups is 1. The molecule has 8 heteroatoms. The number of ether oxygens (including phenoxy) is 2. The number of carbonyl (C=O) groups excluding carboxylic acids is 1. The van der Waals surface area contributed by atoms with Gasteiger partial charge >= 0.3 is 0 Å². The molecule has 0 aliphatic heterocycles. The van der Waals surface area contributed by atoms with Crippen molar-refractivity contribution in [1.29, 1.82) is 0 Å². The first-order chi connectivity index (χ1) is 16.6. The Bertz CT molecular complexity index is 1270. The largest absolute Gasteiger partial charge is 0.490 e. The van der Waals surface area contributed by atoms with Crippen molar-refractivity contribution in [2.75, 3.05) is 12.4 Å². The average molecular weight is 475 g/mol. The van der Waals surface area contributed by atoms with Gasteiger partial charge in [-0.2, -0.15) is 5.10 Å². The van der Waals surface area contributed by atoms with Crippen LogP contribution in [-0.4, -0.2) is 34.4 Å². The molecule has 0 fully saturated rings. The fourth-order valence-corrected chi connectivity index (χ4v) is 3.98. The van der Waals surface area contributed by atoms with Gasteiger partial charge in [-0.15, -0.1) is 0 Å². The minimum absolute atomic E-state index is 0.201. The second-order valence-corrected chi connectivity index (χ2v) is 8.52. The van der Waals surface area contributed by atoms with E-state index in [2.05, 4.69) is 39.6 Å². The number of aromatic nitrogens is 2. The zero-order valence-corrected chi connectivity index (χ0v) is 19.9. The summed E-state index contributed by atoms with van der Waals surface area (Å²) in [5, 5.41) is 4.76. The molecule has 4 rings (SSSR count). The van der Waals surface area contributed by atoms with Crippen LogP contribution in [-0.2, 0) is 11.4 Å². The van der Waals surface area contributed by atoms with Crippen molar-refractivity contribution >= 4 is 34.9 Å². The predicted octanol–water partition coefficient (Wildman–Crippen LogP) is 5.09. The van der Waals surface area contributed by atoms with Crippen LogP contribution in [0, 0.1) is 6.92 Å². The van der Waals surface area contributed by atoms with Crippen LogP contribution in [0.1, 0.15) is 23.6 Å². The Morgan fingerprint density at radius 2 is 1.97 bits per heavy atom. The van der Waals surface area contributed by atoms with E-state index in [0.29, 0.717) is 29.9 Å². The molecule has 0 atom stereocenters. The van der Waals surface area contributed by atoms with Gasteiger partial charge in [0.1, 0.15) is 6.61 Å². The van der Waals surface area contributed by atoms with Gasteiger partial charge in [-0.25, -0.2) is 10.4 Å². The Morgan fingerprint density at radius 3 is 2.79 bits per heavy atom. The highest BCUT2D eigenvalue weighted by molar-refractivity contribution is 7.99. The number of aryl methyl sites for hydroxylation is 1. The molecule has 34 heavy (non-hydrogen) atoms. The number of H-pyrrole nitrogens is 1. The Balaban J connectivity index is 1.31. The van der Waals surface area contributed by atoms with Crippen LogP contribution in [0.5, 0.6) is 11.5 Å². The summed E-state index contributed by atoms with van der Waals surface area (Å²) in [5.74, 6) is 1.27. The van der Waals surface area contributed by atoms with E-state index in [1.807, 2.05) is 61.5 Å². The van der Waals surface area contributed by atoms with Gasteiger partial charge in [0.25, 0.3) is 5.91 Å². The van der Waals surface area contributed by atoms with Gasteiger partial charge in [0, 0.05) is 0 Å². The lowest BCUT2D eigenvalue weighted by Gasteiger charge is -2.13. The summed E-state index contributed by atoms with van der Waals surface area (Å²) < 4.78 is 11.7. The Morgan fingerprint density at radius 1 is 1.09 bits per heavy atom. The fourth-order valence-electron chi connectivity index (χ4n) is 3.30. The first kappa shape index (κ1) is 23.4. The van der Waals surface area contributed by atoms with Crippen LogP contribution in [0.15, 0.2) is 77.0 Å². The second kappa shape index (κ2) is 11.4. The van der Waals surface area contributed by atoms with Gasteiger partial charge in [-0.05, 0) is 55.3 Å². The smallest absolute Gasteiger partial charge is 0.250 e. The molecule has 174 valence electrons. The van der Waals surface area contributed by atoms with E-state index in [4.69, 9.17) is 9.47 Å². The topological polar surface area (TPSA) is 88.6 Å². The third kappa shape index (κ3) is 6.39. The van der Waals surface area contributed by atoms with Crippen LogP contribution in [0.25, 0.3) is 11.0 Å². The number of hydrogen-bond donors (Lipinski definition) is 2. The summed E-state index contributed by atoms with van der Waals surface area (Å²) in [6.45, 7) is 4.94. The SMILES string of the molecule is CCOc1cc(/C=N/NC(=O)CSc2nc3ccccc3[nH]2)ccc1OCc1cccc(C)c1. The van der Waals surface area contributed by atoms with Gasteiger partial charge < -0.3 is 14.5 Å². The molecule has 3 aromatic carbocycles. The number of aromatic amines is 1. The molecule has 7 nitrogen and oxygen atoms in total. The highest BCUT2D eigenvalue weighted by Crippen LogP contribution is 2.29. The number of para-hydroxylation sites is 2. The van der Waals surface area contributed by atoms with Crippen molar-refractivity contribution < 1.29 is 14.3 Å². The Hall–Kier alpha value is -3.78. The van der Waals surface area contributed by atoms with Gasteiger partial charge in [0.2, 0.25) is 0 Å². The van der Waals surface area contributed by atoms with Crippen molar-refractivity contribution in [2.45, 2.75) is 25.6 Å². The maximum Gasteiger partial charge on any atom is 0.250 e. The monoisotopic (exact) mass is 474 g/mol. The van der Waals surface area contributed by atoms with Crippen LogP contribution < -0.4 is 14.9 Å². The van der Waals surface area contributed by atoms with Crippen molar-refractivity contribution in [1.82, 2.24) is 15.4 Å². The first-order valence-corrected chi connectivity index (χ1v) is 11.9. The van der Waals surface area contributed by atoms with Gasteiger partial charge in [0.15, 0.2) is 16.7 Å². The van der Waals surface area contributed by atoms with E-state index in [9.17, 15) is 4.79 Å². The highest BCUT2D eigenvalue weighted by atomic mass is 32.2. The Kier molecular flexibility index (Phi) is 7.83. The number of imidazole rings is 1. The number of nitrogens with zero attached hydrogens (tertiary/aromatic N) is 2. The lowest BCUT2D eigenvalue weighted by atomic mass is 10.1. The summed E-state index contributed by atoms with van der Waals surface area (Å²) in [4.78, 5) is 19.8. The number of benzene rings is 3. The van der Waals surface area contributed by atoms with E-state index in [0.717, 1.165) is 22.2 Å². The molecular formula is C26H26N4O3S. The van der Waals surface area contributed by atoms with Gasteiger partial charge in [-0.1, -0.05) is 53.7 Å². The van der Waals surface area contributed by atoms with Crippen molar-refractivity contribution in [2.24, 2.45) is 5.10 Å². The quantitative estimate of drug-likeness (QED) is 0.190. The third-order valence-electron chi connectivity index (χ3n) is 4.85. The zero-order chi connectivity index (χ0) is 23.8. The summed E-state index contributed by atoms with van der Waals surface area (Å²) in [6.07, 6.45) is 1.58. The summed E-state index contributed by atoms with van der Waals surface area (Å²) in [7, 11) is 0. The molecule has 0 aliphatic carbocycles. The molecular weight excluding hydrogens is 448 g/mol. The molecule has 1 heterocycles. The number of carbonyl (C=O) groups is 1. The zero-order valence-electron chi connectivity index (χ0n) is 19.1. The average Bonchev–Trinajstić information content (AvgIpc) is 3.26. The molecule has 2 N–H and O–H groups in total. The molecule has 1 amide bonds. The van der Waals surface area contributed by atoms with Crippen LogP contribution in [0.4, 0.5) is 0 Å². The van der Waals surface area contributed by atoms with E-state index >= 15 is 0 Å². The van der Waals surface area contributed by atoms with E-state index in [1.165, 1.54) is 17.3 Å². The number of fused-ring (bicyclic) bond motifs is 1. The third-order valence-corrected chi connectivity index (χ3v) is 5.73. The number of hydrazone groups is 1. The van der Waals surface area contributed by atoms with Crippen LogP contribution >= 0.6 is 11.8 Å². The molecule has 0 saturated heterocycles. The van der Waals surface area contributed by atoms with E-state index in [-0.39, 0.29) is 11.7 Å². The number of hydrogen-bond acceptors (Lipinski definition) is 6. The van der Waals surface area contributed by atoms with Crippen molar-refractivity contribution in [3.05, 3.63) is 83.4 Å². The summed E-state index contributed by atoms with van der Waals surface area (Å²) >= 11 is 1.33. The molecule has 1 aromatic heterocycles. The minimum Gasteiger partial charge on any atom is -0.490 e. The predicted molar refractivity (Wildman–Crippen MR) is 136 cm³/mol. The van der Waals surface area contributed by atoms with Gasteiger partial charge in [-0.3, -0.25) is 4.79 Å². The van der Waals surface area contributed by atoms with E-state index in [1.54, 1.807) is 6.21 Å². The number of rotatable bonds is 10. The van der Waals surface area contributed by atoms with Crippen molar-refractivity contribution in [3.8, 4) is 11.5 Å². The fraction of sp³-hybridized carbons (Fsp3) is 0.192. The Labute approximate surface area is 202 Å². The maximum atomic E-state index is 12.2. The lowest BCUT2D eigenvalue weighted by Crippen LogP contribution is -2.19. The van der Waals surface area contributed by atoms with E-state index < -0.39 is 0 Å². The minimum atomic E-state index is -0.218. The number of amides is 1. The maximum absolute atomic E-state index is 12.2. The molecule has 0 unspecified atom stereocenters. The molecule has 0 radical (unpaired) electrons. The molecule has 4 aromatic rings. The molecule has 0 saturated carbocycles. The van der Waals surface area contributed by atoms with Gasteiger partial charge in [0.05, 0.1) is 29.6 Å². The second-order valence-electron chi connectivity index (χ2n) is 7.56. The van der Waals surface area contributed by atoms with Crippen LogP contribution in [0.3, 0.4) is 0 Å². The standard InChI is InChI=1S/C26H26N4O3S/c1-3-32-24-14-19(11-12-23(24)33-16-20-8-6-7-18(2)13-20)15-27-30-25(31)17-34-26-28-21-9-4-5-10-22(21)29-26/h4-15H,3,16-17H2,1-2H3,(H,28,29)(H,30,31)/b27-15+. The summed E-state index contributed by atoms with van der Waals surface area (Å²) in [6, 6.07) is 21.5. The molecule has 0 aliphatic rings. The first-order valence-electron chi connectivity index (χ1n) is 11.0. The number of nitrogens with one attached hydrogen (secondary N) is 2. The summed E-state index contributed by atoms with van der Waals surface area (Å²) in [5.41, 5.74) is 7.44. The van der Waals surface area contributed by atoms with Crippen LogP contribution in [0.2, 0.25) is 0 Å².